The molecule has 4 rings (SSSR count). The molecule has 0 spiro atoms. The third kappa shape index (κ3) is 5.36. The van der Waals surface area contributed by atoms with Crippen LogP contribution in [0.5, 0.6) is 0 Å². The molecule has 2 aromatic heterocycles. The molecule has 160 valence electrons. The molecule has 1 atom stereocenters. The second kappa shape index (κ2) is 10.3. The Morgan fingerprint density at radius 1 is 1.00 bits per heavy atom. The van der Waals surface area contributed by atoms with E-state index in [2.05, 4.69) is 63.1 Å². The molecule has 0 aliphatic carbocycles. The van der Waals surface area contributed by atoms with Crippen molar-refractivity contribution in [3.63, 3.8) is 0 Å². The van der Waals surface area contributed by atoms with Gasteiger partial charge in [-0.2, -0.15) is 0 Å². The second-order valence-electron chi connectivity index (χ2n) is 8.18. The summed E-state index contributed by atoms with van der Waals surface area (Å²) in [5.74, 6) is 0.196. The first-order valence-corrected chi connectivity index (χ1v) is 11.1. The minimum Gasteiger partial charge on any atom is -0.341 e. The summed E-state index contributed by atoms with van der Waals surface area (Å²) in [5.41, 5.74) is 4.50. The molecule has 0 saturated carbocycles. The van der Waals surface area contributed by atoms with Crippen LogP contribution in [-0.2, 0) is 17.8 Å². The first-order valence-electron chi connectivity index (χ1n) is 11.1. The van der Waals surface area contributed by atoms with Crippen molar-refractivity contribution >= 4 is 5.91 Å². The van der Waals surface area contributed by atoms with Crippen LogP contribution in [0.3, 0.4) is 0 Å². The largest absolute Gasteiger partial charge is 0.341 e. The lowest BCUT2D eigenvalue weighted by Gasteiger charge is -2.24. The number of aromatic nitrogens is 2. The number of pyridine rings is 2. The lowest BCUT2D eigenvalue weighted by molar-refractivity contribution is -0.134. The highest BCUT2D eigenvalue weighted by Crippen LogP contribution is 2.27. The smallest absolute Gasteiger partial charge is 0.227 e. The quantitative estimate of drug-likeness (QED) is 0.585. The summed E-state index contributed by atoms with van der Waals surface area (Å²) in [6.45, 7) is 6.13. The summed E-state index contributed by atoms with van der Waals surface area (Å²) in [7, 11) is 0. The van der Waals surface area contributed by atoms with Gasteiger partial charge in [-0.15, -0.1) is 0 Å². The van der Waals surface area contributed by atoms with E-state index in [9.17, 15) is 4.79 Å². The summed E-state index contributed by atoms with van der Waals surface area (Å²) in [5, 5.41) is 0. The molecule has 0 N–H and O–H groups in total. The molecular formula is C26H30N4O. The summed E-state index contributed by atoms with van der Waals surface area (Å²) >= 11 is 0. The van der Waals surface area contributed by atoms with Gasteiger partial charge in [0.15, 0.2) is 0 Å². The van der Waals surface area contributed by atoms with Crippen molar-refractivity contribution in [1.82, 2.24) is 19.8 Å². The molecule has 0 radical (unpaired) electrons. The molecule has 1 saturated heterocycles. The van der Waals surface area contributed by atoms with Gasteiger partial charge in [-0.05, 0) is 42.2 Å². The Morgan fingerprint density at radius 3 is 2.65 bits per heavy atom. The van der Waals surface area contributed by atoms with Gasteiger partial charge in [-0.25, -0.2) is 0 Å². The van der Waals surface area contributed by atoms with E-state index in [1.165, 1.54) is 5.56 Å². The maximum absolute atomic E-state index is 13.5. The van der Waals surface area contributed by atoms with E-state index in [0.717, 1.165) is 62.4 Å². The van der Waals surface area contributed by atoms with Gasteiger partial charge in [-0.3, -0.25) is 19.7 Å². The zero-order valence-corrected chi connectivity index (χ0v) is 18.2. The van der Waals surface area contributed by atoms with Crippen LogP contribution in [0.2, 0.25) is 0 Å². The van der Waals surface area contributed by atoms with Crippen molar-refractivity contribution in [2.45, 2.75) is 26.3 Å². The highest BCUT2D eigenvalue weighted by Gasteiger charge is 2.30. The highest BCUT2D eigenvalue weighted by molar-refractivity contribution is 5.80. The van der Waals surface area contributed by atoms with Crippen LogP contribution < -0.4 is 0 Å². The number of benzene rings is 1. The van der Waals surface area contributed by atoms with Crippen LogP contribution in [0.4, 0.5) is 0 Å². The van der Waals surface area contributed by atoms with Gasteiger partial charge in [0.2, 0.25) is 5.91 Å². The first-order chi connectivity index (χ1) is 15.2. The number of amides is 1. The average molecular weight is 415 g/mol. The number of hydrogen-bond donors (Lipinski definition) is 0. The van der Waals surface area contributed by atoms with Gasteiger partial charge in [0.25, 0.3) is 0 Å². The van der Waals surface area contributed by atoms with Gasteiger partial charge in [0, 0.05) is 56.9 Å². The van der Waals surface area contributed by atoms with E-state index in [0.29, 0.717) is 0 Å². The molecule has 0 bridgehead atoms. The molecule has 3 heterocycles. The summed E-state index contributed by atoms with van der Waals surface area (Å²) in [4.78, 5) is 26.7. The lowest BCUT2D eigenvalue weighted by atomic mass is 9.91. The molecular weight excluding hydrogens is 384 g/mol. The molecule has 1 amide bonds. The van der Waals surface area contributed by atoms with Gasteiger partial charge in [0.1, 0.15) is 0 Å². The van der Waals surface area contributed by atoms with Crippen molar-refractivity contribution in [2.75, 3.05) is 26.2 Å². The molecule has 1 fully saturated rings. The van der Waals surface area contributed by atoms with Crippen molar-refractivity contribution in [2.24, 2.45) is 5.92 Å². The topological polar surface area (TPSA) is 49.3 Å². The molecule has 5 nitrogen and oxygen atoms in total. The Labute approximate surface area is 184 Å². The minimum atomic E-state index is -0.0735. The zero-order chi connectivity index (χ0) is 21.5. The van der Waals surface area contributed by atoms with Crippen LogP contribution in [0.25, 0.3) is 11.1 Å². The van der Waals surface area contributed by atoms with Gasteiger partial charge in [0.05, 0.1) is 11.6 Å². The second-order valence-corrected chi connectivity index (χ2v) is 8.18. The molecule has 5 heteroatoms. The molecule has 1 aromatic carbocycles. The van der Waals surface area contributed by atoms with E-state index in [1.54, 1.807) is 6.20 Å². The van der Waals surface area contributed by atoms with E-state index >= 15 is 0 Å². The number of carbonyl (C=O) groups is 1. The third-order valence-corrected chi connectivity index (χ3v) is 5.89. The van der Waals surface area contributed by atoms with Crippen molar-refractivity contribution in [3.8, 4) is 11.1 Å². The molecule has 1 aliphatic rings. The molecule has 31 heavy (non-hydrogen) atoms. The zero-order valence-electron chi connectivity index (χ0n) is 18.2. The first kappa shape index (κ1) is 21.2. The Balaban J connectivity index is 1.59. The maximum Gasteiger partial charge on any atom is 0.227 e. The van der Waals surface area contributed by atoms with Gasteiger partial charge >= 0.3 is 0 Å². The normalized spacial score (nSPS) is 17.5. The van der Waals surface area contributed by atoms with E-state index in [-0.39, 0.29) is 11.8 Å². The molecule has 3 aromatic rings. The van der Waals surface area contributed by atoms with Crippen LogP contribution in [0.15, 0.2) is 73.2 Å². The Bertz CT molecular complexity index is 977. The fraction of sp³-hybridized carbons (Fsp3) is 0.346. The van der Waals surface area contributed by atoms with Crippen molar-refractivity contribution < 1.29 is 4.79 Å². The van der Waals surface area contributed by atoms with E-state index in [1.807, 2.05) is 30.6 Å². The standard InChI is InChI=1S/C26H30N4O/c1-2-14-30-16-15-29(20-24-10-5-6-13-28-24)19-23(26(30)31)17-21-8-3-4-11-25(21)22-9-7-12-27-18-22/h3-13,18,23H,2,14-17,19-20H2,1H3/t23-/m1/s1. The SMILES string of the molecule is CCCN1CCN(Cc2ccccn2)C[C@@H](Cc2ccccc2-c2cccnc2)C1=O. The fourth-order valence-electron chi connectivity index (χ4n) is 4.39. The third-order valence-electron chi connectivity index (χ3n) is 5.89. The van der Waals surface area contributed by atoms with Crippen LogP contribution in [0, 0.1) is 5.92 Å². The summed E-state index contributed by atoms with van der Waals surface area (Å²) in [6.07, 6.45) is 7.22. The van der Waals surface area contributed by atoms with Gasteiger partial charge in [-0.1, -0.05) is 43.3 Å². The van der Waals surface area contributed by atoms with Crippen molar-refractivity contribution in [1.29, 1.82) is 0 Å². The average Bonchev–Trinajstić information content (AvgIpc) is 2.95. The Hall–Kier alpha value is -3.05. The van der Waals surface area contributed by atoms with Crippen LogP contribution in [0.1, 0.15) is 24.6 Å². The number of carbonyl (C=O) groups excluding carboxylic acids is 1. The van der Waals surface area contributed by atoms with Crippen molar-refractivity contribution in [3.05, 3.63) is 84.4 Å². The monoisotopic (exact) mass is 414 g/mol. The number of hydrogen-bond acceptors (Lipinski definition) is 4. The van der Waals surface area contributed by atoms with Gasteiger partial charge < -0.3 is 4.90 Å². The van der Waals surface area contributed by atoms with Crippen LogP contribution in [-0.4, -0.2) is 51.9 Å². The fourth-order valence-corrected chi connectivity index (χ4v) is 4.39. The lowest BCUT2D eigenvalue weighted by Crippen LogP contribution is -2.37. The Morgan fingerprint density at radius 2 is 1.87 bits per heavy atom. The molecule has 1 aliphatic heterocycles. The predicted molar refractivity (Wildman–Crippen MR) is 123 cm³/mol. The highest BCUT2D eigenvalue weighted by atomic mass is 16.2. The predicted octanol–water partition coefficient (Wildman–Crippen LogP) is 4.06. The van der Waals surface area contributed by atoms with E-state index < -0.39 is 0 Å². The maximum atomic E-state index is 13.5. The van der Waals surface area contributed by atoms with Crippen LogP contribution >= 0.6 is 0 Å². The van der Waals surface area contributed by atoms with E-state index in [4.69, 9.17) is 0 Å². The molecule has 0 unspecified atom stereocenters. The summed E-state index contributed by atoms with van der Waals surface area (Å²) < 4.78 is 0. The number of rotatable bonds is 7. The minimum absolute atomic E-state index is 0.0735. The number of nitrogens with zero attached hydrogens (tertiary/aromatic N) is 4. The Kier molecular flexibility index (Phi) is 7.05. The summed E-state index contributed by atoms with van der Waals surface area (Å²) in [6, 6.07) is 18.5.